The lowest BCUT2D eigenvalue weighted by Gasteiger charge is -2.13. The van der Waals surface area contributed by atoms with Gasteiger partial charge in [-0.2, -0.15) is 5.10 Å². The molecule has 0 aliphatic heterocycles. The van der Waals surface area contributed by atoms with Crippen LogP contribution < -0.4 is 14.8 Å². The summed E-state index contributed by atoms with van der Waals surface area (Å²) < 4.78 is 12.2. The molecule has 1 aromatic carbocycles. The Hall–Kier alpha value is -2.50. The zero-order chi connectivity index (χ0) is 15.4. The summed E-state index contributed by atoms with van der Waals surface area (Å²) in [7, 11) is 3.04. The van der Waals surface area contributed by atoms with Gasteiger partial charge in [0.25, 0.3) is 5.91 Å². The van der Waals surface area contributed by atoms with E-state index in [9.17, 15) is 4.79 Å². The van der Waals surface area contributed by atoms with E-state index >= 15 is 0 Å². The van der Waals surface area contributed by atoms with Crippen molar-refractivity contribution in [2.45, 2.75) is 20.4 Å². The Labute approximate surface area is 123 Å². The van der Waals surface area contributed by atoms with Crippen molar-refractivity contribution in [3.8, 4) is 11.5 Å². The SMILES string of the molecule is CCn1nc(C)cc1NC(=O)c1c(OC)cccc1OC. The smallest absolute Gasteiger partial charge is 0.264 e. The number of benzene rings is 1. The minimum absolute atomic E-state index is 0.293. The molecule has 6 nitrogen and oxygen atoms in total. The molecule has 1 N–H and O–H groups in total. The third-order valence-corrected chi connectivity index (χ3v) is 3.10. The maximum Gasteiger partial charge on any atom is 0.264 e. The van der Waals surface area contributed by atoms with E-state index in [2.05, 4.69) is 10.4 Å². The van der Waals surface area contributed by atoms with Crippen molar-refractivity contribution >= 4 is 11.7 Å². The molecule has 0 aliphatic carbocycles. The molecule has 0 radical (unpaired) electrons. The van der Waals surface area contributed by atoms with Gasteiger partial charge in [0.05, 0.1) is 19.9 Å². The maximum atomic E-state index is 12.5. The summed E-state index contributed by atoms with van der Waals surface area (Å²) in [6, 6.07) is 7.04. The van der Waals surface area contributed by atoms with Gasteiger partial charge in [-0.15, -0.1) is 0 Å². The number of anilines is 1. The fourth-order valence-corrected chi connectivity index (χ4v) is 2.14. The van der Waals surface area contributed by atoms with Gasteiger partial charge in [0, 0.05) is 12.6 Å². The summed E-state index contributed by atoms with van der Waals surface area (Å²) in [6.45, 7) is 4.52. The van der Waals surface area contributed by atoms with Gasteiger partial charge in [-0.25, -0.2) is 4.68 Å². The average molecular weight is 289 g/mol. The highest BCUT2D eigenvalue weighted by Gasteiger charge is 2.19. The molecule has 1 heterocycles. The van der Waals surface area contributed by atoms with Crippen molar-refractivity contribution in [1.82, 2.24) is 9.78 Å². The first-order valence-electron chi connectivity index (χ1n) is 6.67. The van der Waals surface area contributed by atoms with Crippen molar-refractivity contribution < 1.29 is 14.3 Å². The number of carbonyl (C=O) groups is 1. The molecule has 0 saturated carbocycles. The van der Waals surface area contributed by atoms with E-state index in [1.807, 2.05) is 19.9 Å². The lowest BCUT2D eigenvalue weighted by atomic mass is 10.1. The molecular formula is C15H19N3O3. The van der Waals surface area contributed by atoms with Crippen molar-refractivity contribution in [2.75, 3.05) is 19.5 Å². The highest BCUT2D eigenvalue weighted by molar-refractivity contribution is 6.07. The van der Waals surface area contributed by atoms with Crippen molar-refractivity contribution in [3.63, 3.8) is 0 Å². The summed E-state index contributed by atoms with van der Waals surface area (Å²) in [5, 5.41) is 7.15. The number of hydrogen-bond acceptors (Lipinski definition) is 4. The molecule has 1 aromatic heterocycles. The number of aryl methyl sites for hydroxylation is 2. The molecule has 0 spiro atoms. The van der Waals surface area contributed by atoms with Crippen LogP contribution in [0.3, 0.4) is 0 Å². The Balaban J connectivity index is 2.36. The molecule has 0 saturated heterocycles. The van der Waals surface area contributed by atoms with Gasteiger partial charge in [-0.1, -0.05) is 6.07 Å². The van der Waals surface area contributed by atoms with E-state index in [0.29, 0.717) is 29.4 Å². The van der Waals surface area contributed by atoms with Crippen LogP contribution in [-0.4, -0.2) is 29.9 Å². The van der Waals surface area contributed by atoms with Gasteiger partial charge in [0.1, 0.15) is 22.9 Å². The minimum atomic E-state index is -0.293. The summed E-state index contributed by atoms with van der Waals surface area (Å²) >= 11 is 0. The maximum absolute atomic E-state index is 12.5. The predicted octanol–water partition coefficient (Wildman–Crippen LogP) is 2.48. The van der Waals surface area contributed by atoms with Gasteiger partial charge in [-0.3, -0.25) is 4.79 Å². The number of rotatable bonds is 5. The van der Waals surface area contributed by atoms with E-state index < -0.39 is 0 Å². The quantitative estimate of drug-likeness (QED) is 0.918. The van der Waals surface area contributed by atoms with Gasteiger partial charge >= 0.3 is 0 Å². The first-order chi connectivity index (χ1) is 10.1. The fourth-order valence-electron chi connectivity index (χ4n) is 2.14. The van der Waals surface area contributed by atoms with Gasteiger partial charge < -0.3 is 14.8 Å². The van der Waals surface area contributed by atoms with Gasteiger partial charge in [-0.05, 0) is 26.0 Å². The summed E-state index contributed by atoms with van der Waals surface area (Å²) in [6.07, 6.45) is 0. The third kappa shape index (κ3) is 2.99. The van der Waals surface area contributed by atoms with Crippen molar-refractivity contribution in [3.05, 3.63) is 35.5 Å². The topological polar surface area (TPSA) is 65.4 Å². The summed E-state index contributed by atoms with van der Waals surface area (Å²) in [4.78, 5) is 12.5. The number of amides is 1. The Bertz CT molecular complexity index is 627. The number of aromatic nitrogens is 2. The normalized spacial score (nSPS) is 10.3. The van der Waals surface area contributed by atoms with E-state index in [0.717, 1.165) is 5.69 Å². The zero-order valence-electron chi connectivity index (χ0n) is 12.6. The second-order valence-corrected chi connectivity index (χ2v) is 4.48. The first kappa shape index (κ1) is 14.9. The van der Waals surface area contributed by atoms with Crippen LogP contribution in [0.15, 0.2) is 24.3 Å². The molecule has 0 atom stereocenters. The van der Waals surface area contributed by atoms with Gasteiger partial charge in [0.2, 0.25) is 0 Å². The molecule has 0 bridgehead atoms. The number of nitrogens with zero attached hydrogens (tertiary/aromatic N) is 2. The fraction of sp³-hybridized carbons (Fsp3) is 0.333. The second-order valence-electron chi connectivity index (χ2n) is 4.48. The zero-order valence-corrected chi connectivity index (χ0v) is 12.6. The molecule has 2 rings (SSSR count). The Morgan fingerprint density at radius 3 is 2.43 bits per heavy atom. The number of carbonyl (C=O) groups excluding carboxylic acids is 1. The first-order valence-corrected chi connectivity index (χ1v) is 6.67. The Morgan fingerprint density at radius 2 is 1.90 bits per heavy atom. The Morgan fingerprint density at radius 1 is 1.29 bits per heavy atom. The molecule has 0 aliphatic rings. The third-order valence-electron chi connectivity index (χ3n) is 3.10. The monoisotopic (exact) mass is 289 g/mol. The number of hydrogen-bond donors (Lipinski definition) is 1. The predicted molar refractivity (Wildman–Crippen MR) is 80.1 cm³/mol. The van der Waals surface area contributed by atoms with Crippen LogP contribution in [0, 0.1) is 6.92 Å². The molecule has 21 heavy (non-hydrogen) atoms. The standard InChI is InChI=1S/C15H19N3O3/c1-5-18-13(9-10(2)17-18)16-15(19)14-11(20-3)7-6-8-12(14)21-4/h6-9H,5H2,1-4H3,(H,16,19). The summed E-state index contributed by atoms with van der Waals surface area (Å²) in [5.74, 6) is 1.28. The van der Waals surface area contributed by atoms with E-state index in [1.54, 1.807) is 22.9 Å². The molecule has 1 amide bonds. The van der Waals surface area contributed by atoms with Crippen LogP contribution in [0.25, 0.3) is 0 Å². The number of methoxy groups -OCH3 is 2. The van der Waals surface area contributed by atoms with Crippen LogP contribution in [-0.2, 0) is 6.54 Å². The van der Waals surface area contributed by atoms with Crippen molar-refractivity contribution in [1.29, 1.82) is 0 Å². The lowest BCUT2D eigenvalue weighted by molar-refractivity contribution is 0.102. The average Bonchev–Trinajstić information content (AvgIpc) is 2.85. The van der Waals surface area contributed by atoms with Crippen LogP contribution in [0.4, 0.5) is 5.82 Å². The van der Waals surface area contributed by atoms with Gasteiger partial charge in [0.15, 0.2) is 0 Å². The lowest BCUT2D eigenvalue weighted by Crippen LogP contribution is -2.17. The Kier molecular flexibility index (Phi) is 4.47. The molecule has 2 aromatic rings. The minimum Gasteiger partial charge on any atom is -0.496 e. The van der Waals surface area contributed by atoms with E-state index in [4.69, 9.17) is 9.47 Å². The van der Waals surface area contributed by atoms with Crippen LogP contribution in [0.5, 0.6) is 11.5 Å². The highest BCUT2D eigenvalue weighted by Crippen LogP contribution is 2.29. The van der Waals surface area contributed by atoms with E-state index in [-0.39, 0.29) is 5.91 Å². The molecule has 0 unspecified atom stereocenters. The second kappa shape index (κ2) is 6.30. The van der Waals surface area contributed by atoms with Crippen LogP contribution >= 0.6 is 0 Å². The molecule has 6 heteroatoms. The summed E-state index contributed by atoms with van der Waals surface area (Å²) in [5.41, 5.74) is 1.21. The molecular weight excluding hydrogens is 270 g/mol. The molecule has 0 fully saturated rings. The number of ether oxygens (including phenoxy) is 2. The van der Waals surface area contributed by atoms with Crippen molar-refractivity contribution in [2.24, 2.45) is 0 Å². The largest absolute Gasteiger partial charge is 0.496 e. The molecule has 112 valence electrons. The highest BCUT2D eigenvalue weighted by atomic mass is 16.5. The van der Waals surface area contributed by atoms with Crippen LogP contribution in [0.1, 0.15) is 23.0 Å². The van der Waals surface area contributed by atoms with Crippen LogP contribution in [0.2, 0.25) is 0 Å². The van der Waals surface area contributed by atoms with E-state index in [1.165, 1.54) is 14.2 Å². The number of nitrogens with one attached hydrogen (secondary N) is 1.